The number of amides is 2. The van der Waals surface area contributed by atoms with Gasteiger partial charge >= 0.3 is 0 Å². The molecule has 9 nitrogen and oxygen atoms in total. The van der Waals surface area contributed by atoms with E-state index in [4.69, 9.17) is 0 Å². The van der Waals surface area contributed by atoms with Crippen LogP contribution in [0.1, 0.15) is 31.0 Å². The molecule has 32 heavy (non-hydrogen) atoms. The third kappa shape index (κ3) is 3.04. The predicted molar refractivity (Wildman–Crippen MR) is 118 cm³/mol. The van der Waals surface area contributed by atoms with Crippen LogP contribution in [-0.2, 0) is 9.59 Å². The fourth-order valence-electron chi connectivity index (χ4n) is 4.99. The Bertz CT molecular complexity index is 1320. The van der Waals surface area contributed by atoms with Crippen LogP contribution in [0.5, 0.6) is 0 Å². The van der Waals surface area contributed by atoms with E-state index in [2.05, 4.69) is 20.4 Å². The van der Waals surface area contributed by atoms with E-state index in [0.29, 0.717) is 25.5 Å². The first-order chi connectivity index (χ1) is 15.7. The molecule has 9 heteroatoms. The summed E-state index contributed by atoms with van der Waals surface area (Å²) in [5.41, 5.74) is 1.73. The first-order valence-corrected chi connectivity index (χ1v) is 11.0. The lowest BCUT2D eigenvalue weighted by Crippen LogP contribution is -2.42. The average Bonchev–Trinajstić information content (AvgIpc) is 3.55. The summed E-state index contributed by atoms with van der Waals surface area (Å²) >= 11 is 0. The van der Waals surface area contributed by atoms with Crippen LogP contribution in [0.15, 0.2) is 48.7 Å². The molecule has 1 N–H and O–H groups in total. The highest BCUT2D eigenvalue weighted by molar-refractivity contribution is 6.05. The summed E-state index contributed by atoms with van der Waals surface area (Å²) in [6.45, 7) is 1.71. The number of hydrogen-bond donors (Lipinski definition) is 1. The first kappa shape index (κ1) is 19.0. The van der Waals surface area contributed by atoms with E-state index in [0.717, 1.165) is 35.2 Å². The van der Waals surface area contributed by atoms with Crippen LogP contribution >= 0.6 is 0 Å². The molecule has 2 aliphatic rings. The maximum absolute atomic E-state index is 13.2. The Morgan fingerprint density at radius 2 is 1.84 bits per heavy atom. The maximum atomic E-state index is 13.2. The second kappa shape index (κ2) is 7.44. The fraction of sp³-hybridized carbons (Fsp3) is 0.348. The Hall–Kier alpha value is -3.75. The summed E-state index contributed by atoms with van der Waals surface area (Å²) in [6, 6.07) is 13.6. The van der Waals surface area contributed by atoms with Crippen molar-refractivity contribution in [3.8, 4) is 0 Å². The Kier molecular flexibility index (Phi) is 4.41. The Labute approximate surface area is 184 Å². The first-order valence-electron chi connectivity index (χ1n) is 11.0. The topological polar surface area (TPSA) is 99.5 Å². The van der Waals surface area contributed by atoms with Crippen molar-refractivity contribution in [2.75, 3.05) is 24.5 Å². The van der Waals surface area contributed by atoms with Gasteiger partial charge in [0.05, 0.1) is 11.4 Å². The molecule has 0 unspecified atom stereocenters. The minimum Gasteiger partial charge on any atom is -0.342 e. The smallest absolute Gasteiger partial charge is 0.229 e. The van der Waals surface area contributed by atoms with Gasteiger partial charge in [0.1, 0.15) is 5.82 Å². The van der Waals surface area contributed by atoms with Crippen LogP contribution in [-0.4, -0.2) is 61.1 Å². The van der Waals surface area contributed by atoms with Crippen molar-refractivity contribution in [2.45, 2.75) is 25.2 Å². The molecule has 1 aromatic carbocycles. The number of hydrogen-bond acceptors (Lipinski definition) is 5. The molecule has 5 heterocycles. The normalized spacial score (nSPS) is 20.0. The van der Waals surface area contributed by atoms with Crippen LogP contribution < -0.4 is 4.90 Å². The Morgan fingerprint density at radius 3 is 2.72 bits per heavy atom. The van der Waals surface area contributed by atoms with Gasteiger partial charge in [-0.05, 0) is 37.1 Å². The van der Waals surface area contributed by atoms with Crippen molar-refractivity contribution < 1.29 is 9.59 Å². The number of fused-ring (bicyclic) bond motifs is 2. The van der Waals surface area contributed by atoms with E-state index in [-0.39, 0.29) is 30.1 Å². The van der Waals surface area contributed by atoms with Gasteiger partial charge in [-0.2, -0.15) is 5.10 Å². The number of pyridine rings is 1. The van der Waals surface area contributed by atoms with E-state index in [1.54, 1.807) is 4.90 Å². The zero-order chi connectivity index (χ0) is 21.7. The lowest BCUT2D eigenvalue weighted by Gasteiger charge is -2.32. The number of rotatable bonds is 3. The maximum Gasteiger partial charge on any atom is 0.229 e. The lowest BCUT2D eigenvalue weighted by molar-refractivity contribution is -0.136. The van der Waals surface area contributed by atoms with E-state index in [9.17, 15) is 9.59 Å². The minimum absolute atomic E-state index is 0.0505. The van der Waals surface area contributed by atoms with Gasteiger partial charge in [0.25, 0.3) is 0 Å². The minimum atomic E-state index is -0.330. The summed E-state index contributed by atoms with van der Waals surface area (Å²) < 4.78 is 2.03. The molecule has 2 amide bonds. The number of carbonyl (C=O) groups excluding carboxylic acids is 2. The van der Waals surface area contributed by atoms with Gasteiger partial charge in [0, 0.05) is 43.6 Å². The van der Waals surface area contributed by atoms with Crippen LogP contribution in [0.4, 0.5) is 5.82 Å². The zero-order valence-electron chi connectivity index (χ0n) is 17.5. The van der Waals surface area contributed by atoms with Crippen LogP contribution in [0, 0.1) is 5.92 Å². The van der Waals surface area contributed by atoms with Crippen molar-refractivity contribution in [3.63, 3.8) is 0 Å². The quantitative estimate of drug-likeness (QED) is 0.539. The molecule has 3 aromatic heterocycles. The molecular formula is C23H23N7O2. The number of piperidine rings is 1. The number of H-pyrrole nitrogens is 1. The zero-order valence-corrected chi connectivity index (χ0v) is 17.5. The summed E-state index contributed by atoms with van der Waals surface area (Å²) in [5.74, 6) is 1.52. The second-order valence-corrected chi connectivity index (χ2v) is 8.58. The molecular weight excluding hydrogens is 406 g/mol. The molecule has 0 spiro atoms. The summed E-state index contributed by atoms with van der Waals surface area (Å²) in [4.78, 5) is 29.5. The number of carbonyl (C=O) groups is 2. The van der Waals surface area contributed by atoms with Crippen LogP contribution in [0.2, 0.25) is 0 Å². The number of benzene rings is 1. The van der Waals surface area contributed by atoms with Gasteiger partial charge < -0.3 is 4.90 Å². The predicted octanol–water partition coefficient (Wildman–Crippen LogP) is 2.36. The largest absolute Gasteiger partial charge is 0.342 e. The highest BCUT2D eigenvalue weighted by atomic mass is 16.2. The lowest BCUT2D eigenvalue weighted by atomic mass is 9.94. The number of aromatic amines is 1. The second-order valence-electron chi connectivity index (χ2n) is 8.58. The van der Waals surface area contributed by atoms with Gasteiger partial charge in [-0.25, -0.2) is 0 Å². The molecule has 2 fully saturated rings. The summed E-state index contributed by atoms with van der Waals surface area (Å²) in [7, 11) is 0. The Balaban J connectivity index is 1.13. The van der Waals surface area contributed by atoms with Gasteiger partial charge in [0.15, 0.2) is 11.5 Å². The summed E-state index contributed by atoms with van der Waals surface area (Å²) in [5, 5.41) is 16.8. The fourth-order valence-corrected chi connectivity index (χ4v) is 4.99. The van der Waals surface area contributed by atoms with Gasteiger partial charge in [-0.15, -0.1) is 10.2 Å². The van der Waals surface area contributed by atoms with Crippen molar-refractivity contribution in [1.29, 1.82) is 0 Å². The number of para-hydroxylation sites is 1. The van der Waals surface area contributed by atoms with Crippen LogP contribution in [0.3, 0.4) is 0 Å². The van der Waals surface area contributed by atoms with E-state index >= 15 is 0 Å². The van der Waals surface area contributed by atoms with Crippen molar-refractivity contribution in [1.82, 2.24) is 29.7 Å². The van der Waals surface area contributed by atoms with Gasteiger partial charge in [0.2, 0.25) is 11.8 Å². The standard InChI is InChI=1S/C23H23N7O2/c31-20-13-16(14-30(20)22-17-5-1-2-6-18(17)24-27-22)23(32)28-11-8-15(9-12-28)21-26-25-19-7-3-4-10-29(19)21/h1-7,10,15-16H,8-9,11-14H2,(H,24,27)/t16-/m0/s1. The molecule has 0 saturated carbocycles. The number of nitrogens with one attached hydrogen (secondary N) is 1. The van der Waals surface area contributed by atoms with E-state index < -0.39 is 0 Å². The molecule has 2 aliphatic heterocycles. The number of anilines is 1. The number of aromatic nitrogens is 5. The molecule has 2 saturated heterocycles. The molecule has 162 valence electrons. The highest BCUT2D eigenvalue weighted by Crippen LogP contribution is 2.32. The molecule has 0 aliphatic carbocycles. The van der Waals surface area contributed by atoms with Crippen molar-refractivity contribution in [2.24, 2.45) is 5.92 Å². The molecule has 0 radical (unpaired) electrons. The molecule has 1 atom stereocenters. The van der Waals surface area contributed by atoms with E-state index in [1.807, 2.05) is 58.0 Å². The van der Waals surface area contributed by atoms with Gasteiger partial charge in [-0.1, -0.05) is 18.2 Å². The number of likely N-dealkylation sites (tertiary alicyclic amines) is 1. The molecule has 6 rings (SSSR count). The van der Waals surface area contributed by atoms with E-state index in [1.165, 1.54) is 0 Å². The van der Waals surface area contributed by atoms with Crippen molar-refractivity contribution in [3.05, 3.63) is 54.5 Å². The molecule has 0 bridgehead atoms. The Morgan fingerprint density at radius 1 is 1.03 bits per heavy atom. The summed E-state index contributed by atoms with van der Waals surface area (Å²) in [6.07, 6.45) is 3.90. The molecule has 4 aromatic rings. The average molecular weight is 429 g/mol. The third-order valence-corrected chi connectivity index (χ3v) is 6.69. The SMILES string of the molecule is O=C([C@H]1CC(=O)N(c2n[nH]c3ccccc23)C1)N1CCC(c2nnc3ccccn23)CC1. The third-order valence-electron chi connectivity index (χ3n) is 6.69. The highest BCUT2D eigenvalue weighted by Gasteiger charge is 2.39. The van der Waals surface area contributed by atoms with Crippen molar-refractivity contribution >= 4 is 34.2 Å². The number of nitrogens with zero attached hydrogens (tertiary/aromatic N) is 6. The monoisotopic (exact) mass is 429 g/mol. The van der Waals surface area contributed by atoms with Crippen LogP contribution in [0.25, 0.3) is 16.6 Å². The van der Waals surface area contributed by atoms with Gasteiger partial charge in [-0.3, -0.25) is 24.0 Å².